The average molecular weight is 364 g/mol. The molecule has 0 amide bonds. The molecule has 1 aromatic rings. The fourth-order valence-corrected chi connectivity index (χ4v) is 3.33. The van der Waals surface area contributed by atoms with Crippen molar-refractivity contribution in [1.29, 1.82) is 0 Å². The monoisotopic (exact) mass is 363 g/mol. The lowest BCUT2D eigenvalue weighted by atomic mass is 9.87. The summed E-state index contributed by atoms with van der Waals surface area (Å²) >= 11 is 0. The SMILES string of the molecule is CCNC(=NCc1ccc(OCCO)c(OC)c1)NC1CCCC(C)C1. The van der Waals surface area contributed by atoms with Crippen LogP contribution in [-0.4, -0.2) is 44.0 Å². The molecule has 0 aromatic heterocycles. The Kier molecular flexibility index (Phi) is 8.54. The van der Waals surface area contributed by atoms with Crippen molar-refractivity contribution in [3.8, 4) is 11.5 Å². The first-order chi connectivity index (χ1) is 12.7. The molecule has 2 rings (SSSR count). The maximum atomic E-state index is 8.90. The van der Waals surface area contributed by atoms with Gasteiger partial charge in [0.2, 0.25) is 0 Å². The van der Waals surface area contributed by atoms with Gasteiger partial charge in [-0.1, -0.05) is 25.8 Å². The van der Waals surface area contributed by atoms with Crippen LogP contribution in [0.15, 0.2) is 23.2 Å². The largest absolute Gasteiger partial charge is 0.493 e. The zero-order valence-corrected chi connectivity index (χ0v) is 16.3. The minimum Gasteiger partial charge on any atom is -0.493 e. The van der Waals surface area contributed by atoms with Crippen LogP contribution in [0.4, 0.5) is 0 Å². The number of guanidine groups is 1. The van der Waals surface area contributed by atoms with Crippen molar-refractivity contribution < 1.29 is 14.6 Å². The molecule has 3 N–H and O–H groups in total. The predicted molar refractivity (Wildman–Crippen MR) is 105 cm³/mol. The summed E-state index contributed by atoms with van der Waals surface area (Å²) in [4.78, 5) is 4.73. The molecule has 26 heavy (non-hydrogen) atoms. The Hall–Kier alpha value is -1.95. The number of nitrogens with one attached hydrogen (secondary N) is 2. The van der Waals surface area contributed by atoms with E-state index >= 15 is 0 Å². The summed E-state index contributed by atoms with van der Waals surface area (Å²) in [6.07, 6.45) is 5.02. The second kappa shape index (κ2) is 10.9. The van der Waals surface area contributed by atoms with Crippen LogP contribution in [0.2, 0.25) is 0 Å². The molecule has 146 valence electrons. The topological polar surface area (TPSA) is 75.1 Å². The summed E-state index contributed by atoms with van der Waals surface area (Å²) in [5, 5.41) is 15.8. The third kappa shape index (κ3) is 6.41. The van der Waals surface area contributed by atoms with E-state index in [1.165, 1.54) is 25.7 Å². The fraction of sp³-hybridized carbons (Fsp3) is 0.650. The predicted octanol–water partition coefficient (Wildman–Crippen LogP) is 2.70. The summed E-state index contributed by atoms with van der Waals surface area (Å²) in [5.41, 5.74) is 1.05. The highest BCUT2D eigenvalue weighted by Gasteiger charge is 2.19. The van der Waals surface area contributed by atoms with Crippen LogP contribution in [0.25, 0.3) is 0 Å². The van der Waals surface area contributed by atoms with Gasteiger partial charge in [-0.3, -0.25) is 0 Å². The number of hydrogen-bond donors (Lipinski definition) is 3. The number of aliphatic hydroxyl groups is 1. The van der Waals surface area contributed by atoms with Gasteiger partial charge in [-0.25, -0.2) is 4.99 Å². The first-order valence-corrected chi connectivity index (χ1v) is 9.61. The first kappa shape index (κ1) is 20.4. The molecular weight excluding hydrogens is 330 g/mol. The van der Waals surface area contributed by atoms with Crippen molar-refractivity contribution in [3.05, 3.63) is 23.8 Å². The van der Waals surface area contributed by atoms with E-state index in [0.29, 0.717) is 24.1 Å². The highest BCUT2D eigenvalue weighted by molar-refractivity contribution is 5.80. The Morgan fingerprint density at radius 2 is 2.15 bits per heavy atom. The Morgan fingerprint density at radius 1 is 1.31 bits per heavy atom. The summed E-state index contributed by atoms with van der Waals surface area (Å²) in [5.74, 6) is 2.94. The molecule has 1 aliphatic carbocycles. The smallest absolute Gasteiger partial charge is 0.191 e. The molecule has 0 saturated heterocycles. The molecule has 0 aliphatic heterocycles. The van der Waals surface area contributed by atoms with Crippen LogP contribution in [0, 0.1) is 5.92 Å². The van der Waals surface area contributed by atoms with E-state index in [1.54, 1.807) is 7.11 Å². The Balaban J connectivity index is 2.01. The Morgan fingerprint density at radius 3 is 2.85 bits per heavy atom. The van der Waals surface area contributed by atoms with Gasteiger partial charge in [0, 0.05) is 12.6 Å². The van der Waals surface area contributed by atoms with Gasteiger partial charge in [-0.2, -0.15) is 0 Å². The molecule has 0 spiro atoms. The van der Waals surface area contributed by atoms with E-state index in [-0.39, 0.29) is 13.2 Å². The van der Waals surface area contributed by atoms with Crippen molar-refractivity contribution >= 4 is 5.96 Å². The molecule has 2 atom stereocenters. The van der Waals surface area contributed by atoms with Gasteiger partial charge < -0.3 is 25.2 Å². The van der Waals surface area contributed by atoms with Crippen LogP contribution in [0.3, 0.4) is 0 Å². The highest BCUT2D eigenvalue weighted by Crippen LogP contribution is 2.28. The molecule has 1 aliphatic rings. The van der Waals surface area contributed by atoms with Gasteiger partial charge in [-0.05, 0) is 43.4 Å². The van der Waals surface area contributed by atoms with E-state index in [4.69, 9.17) is 19.6 Å². The molecular formula is C20H33N3O3. The standard InChI is InChI=1S/C20H33N3O3/c1-4-21-20(23-17-7-5-6-15(2)12-17)22-14-16-8-9-18(26-11-10-24)19(13-16)25-3/h8-9,13,15,17,24H,4-7,10-12,14H2,1-3H3,(H2,21,22,23). The summed E-state index contributed by atoms with van der Waals surface area (Å²) < 4.78 is 10.9. The van der Waals surface area contributed by atoms with Gasteiger partial charge in [0.1, 0.15) is 6.61 Å². The van der Waals surface area contributed by atoms with Gasteiger partial charge in [0.15, 0.2) is 17.5 Å². The lowest BCUT2D eigenvalue weighted by Gasteiger charge is -2.28. The summed E-state index contributed by atoms with van der Waals surface area (Å²) in [6, 6.07) is 6.27. The van der Waals surface area contributed by atoms with Crippen molar-refractivity contribution in [3.63, 3.8) is 0 Å². The normalized spacial score (nSPS) is 20.5. The van der Waals surface area contributed by atoms with Crippen LogP contribution in [-0.2, 0) is 6.54 Å². The maximum absolute atomic E-state index is 8.90. The third-order valence-corrected chi connectivity index (χ3v) is 4.62. The van der Waals surface area contributed by atoms with Gasteiger partial charge in [0.05, 0.1) is 20.3 Å². The second-order valence-electron chi connectivity index (χ2n) is 6.87. The number of rotatable bonds is 8. The molecule has 0 radical (unpaired) electrons. The molecule has 2 unspecified atom stereocenters. The highest BCUT2D eigenvalue weighted by atomic mass is 16.5. The quantitative estimate of drug-likeness (QED) is 0.489. The molecule has 6 nitrogen and oxygen atoms in total. The van der Waals surface area contributed by atoms with Gasteiger partial charge in [-0.15, -0.1) is 0 Å². The second-order valence-corrected chi connectivity index (χ2v) is 6.87. The van der Waals surface area contributed by atoms with Crippen molar-refractivity contribution in [2.45, 2.75) is 52.1 Å². The maximum Gasteiger partial charge on any atom is 0.191 e. The fourth-order valence-electron chi connectivity index (χ4n) is 3.33. The number of methoxy groups -OCH3 is 1. The zero-order chi connectivity index (χ0) is 18.8. The first-order valence-electron chi connectivity index (χ1n) is 9.61. The van der Waals surface area contributed by atoms with Crippen molar-refractivity contribution in [2.75, 3.05) is 26.9 Å². The number of nitrogens with zero attached hydrogens (tertiary/aromatic N) is 1. The molecule has 6 heteroatoms. The average Bonchev–Trinajstić information content (AvgIpc) is 2.65. The molecule has 1 fully saturated rings. The van der Waals surface area contributed by atoms with Crippen LogP contribution < -0.4 is 20.1 Å². The van der Waals surface area contributed by atoms with Gasteiger partial charge >= 0.3 is 0 Å². The number of aliphatic imine (C=N–C) groups is 1. The number of ether oxygens (including phenoxy) is 2. The molecule has 0 heterocycles. The Bertz CT molecular complexity index is 577. The molecule has 1 aromatic carbocycles. The van der Waals surface area contributed by atoms with Crippen LogP contribution in [0.5, 0.6) is 11.5 Å². The molecule has 1 saturated carbocycles. The van der Waals surface area contributed by atoms with E-state index in [1.807, 2.05) is 18.2 Å². The summed E-state index contributed by atoms with van der Waals surface area (Å²) in [7, 11) is 1.62. The van der Waals surface area contributed by atoms with Crippen molar-refractivity contribution in [1.82, 2.24) is 10.6 Å². The van der Waals surface area contributed by atoms with E-state index < -0.39 is 0 Å². The summed E-state index contributed by atoms with van der Waals surface area (Å²) in [6.45, 7) is 6.04. The van der Waals surface area contributed by atoms with E-state index in [0.717, 1.165) is 24.0 Å². The van der Waals surface area contributed by atoms with E-state index in [9.17, 15) is 0 Å². The van der Waals surface area contributed by atoms with Crippen molar-refractivity contribution in [2.24, 2.45) is 10.9 Å². The number of hydrogen-bond acceptors (Lipinski definition) is 4. The third-order valence-electron chi connectivity index (χ3n) is 4.62. The zero-order valence-electron chi connectivity index (χ0n) is 16.3. The lowest BCUT2D eigenvalue weighted by Crippen LogP contribution is -2.45. The minimum atomic E-state index is -0.0211. The molecule has 0 bridgehead atoms. The lowest BCUT2D eigenvalue weighted by molar-refractivity contribution is 0.196. The van der Waals surface area contributed by atoms with Crippen LogP contribution in [0.1, 0.15) is 45.1 Å². The van der Waals surface area contributed by atoms with E-state index in [2.05, 4.69) is 24.5 Å². The van der Waals surface area contributed by atoms with Gasteiger partial charge in [0.25, 0.3) is 0 Å². The Labute approximate surface area is 157 Å². The van der Waals surface area contributed by atoms with Crippen LogP contribution >= 0.6 is 0 Å². The number of aliphatic hydroxyl groups excluding tert-OH is 1. The minimum absolute atomic E-state index is 0.0211. The number of benzene rings is 1.